The van der Waals surface area contributed by atoms with Gasteiger partial charge in [0.05, 0.1) is 11.2 Å². The quantitative estimate of drug-likeness (QED) is 0.0767. The van der Waals surface area contributed by atoms with Crippen LogP contribution in [0.25, 0.3) is 10.1 Å². The smallest absolute Gasteiger partial charge is 0.355 e. The summed E-state index contributed by atoms with van der Waals surface area (Å²) in [5.74, 6) is -1.21. The molecule has 5 rings (SSSR count). The molecular formula is C30H17BrCl3N3O4S. The molecule has 2 amide bonds. The number of hydrogen-bond acceptors (Lipinski definition) is 6. The van der Waals surface area contributed by atoms with Crippen molar-refractivity contribution in [3.8, 4) is 5.75 Å². The molecule has 0 fully saturated rings. The highest BCUT2D eigenvalue weighted by atomic mass is 79.9. The van der Waals surface area contributed by atoms with Crippen molar-refractivity contribution < 1.29 is 19.1 Å². The van der Waals surface area contributed by atoms with Gasteiger partial charge in [0.1, 0.15) is 10.6 Å². The number of amides is 2. The molecule has 1 heterocycles. The van der Waals surface area contributed by atoms with E-state index in [9.17, 15) is 14.4 Å². The van der Waals surface area contributed by atoms with E-state index >= 15 is 0 Å². The Bertz CT molecular complexity index is 1860. The molecular weight excluding hydrogens is 685 g/mol. The Labute approximate surface area is 267 Å². The maximum Gasteiger partial charge on any atom is 0.355 e. The van der Waals surface area contributed by atoms with Crippen molar-refractivity contribution in [1.82, 2.24) is 5.43 Å². The second kappa shape index (κ2) is 13.1. The van der Waals surface area contributed by atoms with Crippen LogP contribution in [0.15, 0.2) is 94.5 Å². The van der Waals surface area contributed by atoms with Crippen molar-refractivity contribution in [1.29, 1.82) is 0 Å². The minimum Gasteiger partial charge on any atom is -0.422 e. The van der Waals surface area contributed by atoms with Gasteiger partial charge < -0.3 is 10.1 Å². The summed E-state index contributed by atoms with van der Waals surface area (Å²) in [6.45, 7) is 0. The van der Waals surface area contributed by atoms with E-state index in [0.717, 1.165) is 4.70 Å². The largest absolute Gasteiger partial charge is 0.422 e. The zero-order valence-electron chi connectivity index (χ0n) is 21.2. The Kier molecular flexibility index (Phi) is 9.25. The second-order valence-electron chi connectivity index (χ2n) is 8.69. The van der Waals surface area contributed by atoms with Crippen LogP contribution >= 0.6 is 62.1 Å². The number of nitrogens with zero attached hydrogens (tertiary/aromatic N) is 1. The van der Waals surface area contributed by atoms with E-state index in [4.69, 9.17) is 39.5 Å². The number of benzene rings is 4. The zero-order valence-corrected chi connectivity index (χ0v) is 25.8. The fourth-order valence-electron chi connectivity index (χ4n) is 3.76. The number of nitrogens with one attached hydrogen (secondary N) is 2. The Morgan fingerprint density at radius 1 is 0.810 bits per heavy atom. The average molecular weight is 702 g/mol. The number of thiophene rings is 1. The highest BCUT2D eigenvalue weighted by molar-refractivity contribution is 9.10. The van der Waals surface area contributed by atoms with Crippen molar-refractivity contribution in [2.75, 3.05) is 5.32 Å². The van der Waals surface area contributed by atoms with E-state index in [-0.39, 0.29) is 21.6 Å². The molecule has 42 heavy (non-hydrogen) atoms. The summed E-state index contributed by atoms with van der Waals surface area (Å²) in [4.78, 5) is 38.3. The van der Waals surface area contributed by atoms with Crippen LogP contribution in [0.4, 0.5) is 5.69 Å². The molecule has 0 saturated heterocycles. The van der Waals surface area contributed by atoms with Crippen molar-refractivity contribution >= 4 is 102 Å². The lowest BCUT2D eigenvalue weighted by Crippen LogP contribution is -2.18. The summed E-state index contributed by atoms with van der Waals surface area (Å²) in [5, 5.41) is 8.84. The van der Waals surface area contributed by atoms with Gasteiger partial charge in [-0.2, -0.15) is 5.10 Å². The van der Waals surface area contributed by atoms with E-state index in [1.165, 1.54) is 17.6 Å². The van der Waals surface area contributed by atoms with Gasteiger partial charge in [-0.1, -0.05) is 56.8 Å². The Hall–Kier alpha value is -3.73. The molecule has 0 aliphatic carbocycles. The van der Waals surface area contributed by atoms with E-state index in [1.54, 1.807) is 84.9 Å². The number of anilines is 1. The van der Waals surface area contributed by atoms with E-state index in [2.05, 4.69) is 31.8 Å². The molecule has 0 aliphatic heterocycles. The third-order valence-corrected chi connectivity index (χ3v) is 8.45. The van der Waals surface area contributed by atoms with Gasteiger partial charge in [-0.3, -0.25) is 9.59 Å². The zero-order chi connectivity index (χ0) is 29.8. The summed E-state index contributed by atoms with van der Waals surface area (Å²) < 4.78 is 7.11. The summed E-state index contributed by atoms with van der Waals surface area (Å²) >= 11 is 22.9. The van der Waals surface area contributed by atoms with Gasteiger partial charge in [0.2, 0.25) is 0 Å². The molecule has 0 aliphatic rings. The molecule has 0 atom stereocenters. The summed E-state index contributed by atoms with van der Waals surface area (Å²) in [6.07, 6.45) is 1.36. The second-order valence-corrected chi connectivity index (χ2v) is 11.9. The van der Waals surface area contributed by atoms with Gasteiger partial charge in [0, 0.05) is 47.0 Å². The number of esters is 1. The molecule has 4 aromatic carbocycles. The van der Waals surface area contributed by atoms with Crippen LogP contribution in [0.1, 0.15) is 36.0 Å². The molecule has 12 heteroatoms. The molecule has 2 N–H and O–H groups in total. The number of hydrogen-bond donors (Lipinski definition) is 2. The predicted octanol–water partition coefficient (Wildman–Crippen LogP) is 8.86. The Morgan fingerprint density at radius 2 is 1.48 bits per heavy atom. The van der Waals surface area contributed by atoms with Crippen molar-refractivity contribution in [2.45, 2.75) is 0 Å². The highest BCUT2D eigenvalue weighted by Gasteiger charge is 2.20. The lowest BCUT2D eigenvalue weighted by molar-refractivity contribution is 0.0739. The third kappa shape index (κ3) is 7.00. The van der Waals surface area contributed by atoms with Crippen LogP contribution in [0.3, 0.4) is 0 Å². The molecule has 210 valence electrons. The molecule has 0 saturated carbocycles. The lowest BCUT2D eigenvalue weighted by atomic mass is 10.1. The standard InChI is InChI=1S/C30H17BrCl3N3O4S/c31-19-5-12-24(41-30(40)27-26(34)23-11-8-21(33)14-25(23)42-27)18(13-19)15-35-37-29(39)17-3-9-22(10-4-17)36-28(38)16-1-6-20(32)7-2-16/h1-15H,(H,36,38)(H,37,39)/b35-15-. The molecule has 0 radical (unpaired) electrons. The first-order valence-corrected chi connectivity index (χ1v) is 14.8. The fourth-order valence-corrected chi connectivity index (χ4v) is 5.93. The topological polar surface area (TPSA) is 96.9 Å². The maximum absolute atomic E-state index is 13.0. The van der Waals surface area contributed by atoms with Gasteiger partial charge >= 0.3 is 5.97 Å². The van der Waals surface area contributed by atoms with Gasteiger partial charge in [0.25, 0.3) is 11.8 Å². The van der Waals surface area contributed by atoms with Crippen LogP contribution in [-0.2, 0) is 0 Å². The number of rotatable bonds is 7. The Balaban J connectivity index is 1.24. The fraction of sp³-hybridized carbons (Fsp3) is 0. The Morgan fingerprint density at radius 3 is 2.21 bits per heavy atom. The monoisotopic (exact) mass is 699 g/mol. The molecule has 1 aromatic heterocycles. The van der Waals surface area contributed by atoms with Crippen molar-refractivity contribution in [3.05, 3.63) is 126 Å². The first-order chi connectivity index (χ1) is 20.2. The maximum atomic E-state index is 13.0. The predicted molar refractivity (Wildman–Crippen MR) is 172 cm³/mol. The van der Waals surface area contributed by atoms with Crippen LogP contribution in [0.2, 0.25) is 15.1 Å². The molecule has 7 nitrogen and oxygen atoms in total. The highest BCUT2D eigenvalue weighted by Crippen LogP contribution is 2.37. The number of halogens is 4. The molecule has 5 aromatic rings. The van der Waals surface area contributed by atoms with Crippen molar-refractivity contribution in [2.24, 2.45) is 5.10 Å². The van der Waals surface area contributed by atoms with E-state index < -0.39 is 11.9 Å². The number of carbonyl (C=O) groups is 3. The van der Waals surface area contributed by atoms with Gasteiger partial charge in [-0.15, -0.1) is 11.3 Å². The van der Waals surface area contributed by atoms with Crippen LogP contribution < -0.4 is 15.5 Å². The van der Waals surface area contributed by atoms with Crippen molar-refractivity contribution in [3.63, 3.8) is 0 Å². The minimum atomic E-state index is -0.637. The summed E-state index contributed by atoms with van der Waals surface area (Å²) in [7, 11) is 0. The first-order valence-electron chi connectivity index (χ1n) is 12.1. The first kappa shape index (κ1) is 29.8. The van der Waals surface area contributed by atoms with E-state index in [1.807, 2.05) is 0 Å². The third-order valence-electron chi connectivity index (χ3n) is 5.83. The molecule has 0 bridgehead atoms. The number of fused-ring (bicyclic) bond motifs is 1. The molecule has 0 unspecified atom stereocenters. The summed E-state index contributed by atoms with van der Waals surface area (Å²) in [6, 6.07) is 23.0. The average Bonchev–Trinajstić information content (AvgIpc) is 3.30. The van der Waals surface area contributed by atoms with Crippen LogP contribution in [0, 0.1) is 0 Å². The number of ether oxygens (including phenoxy) is 1. The van der Waals surface area contributed by atoms with Crippen LogP contribution in [-0.4, -0.2) is 24.0 Å². The number of carbonyl (C=O) groups excluding carboxylic acids is 3. The summed E-state index contributed by atoms with van der Waals surface area (Å²) in [5.41, 5.74) is 4.15. The van der Waals surface area contributed by atoms with E-state index in [0.29, 0.717) is 42.3 Å². The normalized spacial score (nSPS) is 11.0. The van der Waals surface area contributed by atoms with Crippen LogP contribution in [0.5, 0.6) is 5.75 Å². The lowest BCUT2D eigenvalue weighted by Gasteiger charge is -2.08. The van der Waals surface area contributed by atoms with Gasteiger partial charge in [-0.05, 0) is 78.9 Å². The molecule has 0 spiro atoms. The SMILES string of the molecule is O=C(N/N=C\c1cc(Br)ccc1OC(=O)c1sc2cc(Cl)ccc2c1Cl)c1ccc(NC(=O)c2ccc(Cl)cc2)cc1. The van der Waals surface area contributed by atoms with Gasteiger partial charge in [0.15, 0.2) is 0 Å². The minimum absolute atomic E-state index is 0.216. The van der Waals surface area contributed by atoms with Gasteiger partial charge in [-0.25, -0.2) is 10.2 Å². The number of hydrazone groups is 1.